The van der Waals surface area contributed by atoms with Gasteiger partial charge >= 0.3 is 5.97 Å². The molecule has 0 spiro atoms. The molecule has 0 bridgehead atoms. The first kappa shape index (κ1) is 17.9. The smallest absolute Gasteiger partial charge is 0.305 e. The van der Waals surface area contributed by atoms with Gasteiger partial charge in [-0.3, -0.25) is 9.78 Å². The third-order valence-electron chi connectivity index (χ3n) is 3.83. The molecule has 1 aromatic heterocycles. The first-order chi connectivity index (χ1) is 11.7. The predicted octanol–water partition coefficient (Wildman–Crippen LogP) is 3.36. The number of carbonyl (C=O) groups is 1. The van der Waals surface area contributed by atoms with Crippen LogP contribution in [0.2, 0.25) is 0 Å². The van der Waals surface area contributed by atoms with Crippen LogP contribution in [0, 0.1) is 0 Å². The summed E-state index contributed by atoms with van der Waals surface area (Å²) in [6.07, 6.45) is 8.68. The second-order valence-electron chi connectivity index (χ2n) is 5.56. The van der Waals surface area contributed by atoms with Crippen LogP contribution in [0.25, 0.3) is 5.57 Å². The average molecular weight is 324 g/mol. The highest BCUT2D eigenvalue weighted by molar-refractivity contribution is 5.79. The van der Waals surface area contributed by atoms with Crippen molar-refractivity contribution in [2.75, 3.05) is 13.7 Å². The number of unbranched alkanes of at least 4 members (excludes halogenated alkanes) is 1. The zero-order valence-electron chi connectivity index (χ0n) is 14.1. The van der Waals surface area contributed by atoms with Crippen LogP contribution in [0.3, 0.4) is 0 Å². The monoisotopic (exact) mass is 324 g/mol. The summed E-state index contributed by atoms with van der Waals surface area (Å²) in [4.78, 5) is 15.4. The van der Waals surface area contributed by atoms with Crippen molar-refractivity contribution in [3.8, 4) is 0 Å². The van der Waals surface area contributed by atoms with Gasteiger partial charge in [-0.15, -0.1) is 0 Å². The number of benzene rings is 1. The van der Waals surface area contributed by atoms with E-state index < -0.39 is 0 Å². The number of allylic oxidation sites excluding steroid dienone is 1. The Hall–Kier alpha value is -2.46. The molecule has 4 heteroatoms. The lowest BCUT2D eigenvalue weighted by Crippen LogP contribution is -2.02. The maximum Gasteiger partial charge on any atom is 0.305 e. The molecule has 0 saturated carbocycles. The van der Waals surface area contributed by atoms with Crippen molar-refractivity contribution < 1.29 is 9.53 Å². The Morgan fingerprint density at radius 1 is 1.21 bits per heavy atom. The normalized spacial score (nSPS) is 11.3. The van der Waals surface area contributed by atoms with E-state index in [9.17, 15) is 4.79 Å². The Kier molecular flexibility index (Phi) is 7.18. The standard InChI is InChI=1S/C20H24N2O2/c1-24-20(23)7-3-2-6-19(18-5-4-14-22-15-18)17-10-8-16(9-11-17)12-13-21/h4-6,8-11,14-15H,2-3,7,12-13,21H2,1H3/b19-6+. The van der Waals surface area contributed by atoms with E-state index in [0.717, 1.165) is 36.0 Å². The van der Waals surface area contributed by atoms with E-state index in [1.165, 1.54) is 12.7 Å². The third-order valence-corrected chi connectivity index (χ3v) is 3.83. The molecule has 2 aromatic rings. The molecule has 0 atom stereocenters. The molecule has 0 radical (unpaired) electrons. The maximum absolute atomic E-state index is 11.2. The van der Waals surface area contributed by atoms with Gasteiger partial charge in [0, 0.05) is 24.4 Å². The summed E-state index contributed by atoms with van der Waals surface area (Å²) in [5.74, 6) is -0.169. The molecule has 0 amide bonds. The van der Waals surface area contributed by atoms with Crippen LogP contribution in [0.4, 0.5) is 0 Å². The summed E-state index contributed by atoms with van der Waals surface area (Å²) < 4.78 is 4.68. The molecule has 0 saturated heterocycles. The number of esters is 1. The zero-order chi connectivity index (χ0) is 17.2. The second kappa shape index (κ2) is 9.63. The topological polar surface area (TPSA) is 65.2 Å². The minimum atomic E-state index is -0.169. The van der Waals surface area contributed by atoms with Gasteiger partial charge in [-0.2, -0.15) is 0 Å². The van der Waals surface area contributed by atoms with Gasteiger partial charge in [-0.1, -0.05) is 36.4 Å². The SMILES string of the molecule is COC(=O)CCC/C=C(\c1ccc(CCN)cc1)c1cccnc1. The van der Waals surface area contributed by atoms with Crippen molar-refractivity contribution in [2.24, 2.45) is 5.73 Å². The van der Waals surface area contributed by atoms with Crippen molar-refractivity contribution in [1.29, 1.82) is 0 Å². The Morgan fingerprint density at radius 3 is 2.62 bits per heavy atom. The molecule has 1 heterocycles. The summed E-state index contributed by atoms with van der Waals surface area (Å²) in [5, 5.41) is 0. The molecule has 0 aliphatic carbocycles. The zero-order valence-corrected chi connectivity index (χ0v) is 14.1. The molecule has 0 fully saturated rings. The molecule has 0 aliphatic rings. The van der Waals surface area contributed by atoms with Crippen molar-refractivity contribution in [3.63, 3.8) is 0 Å². The fraction of sp³-hybridized carbons (Fsp3) is 0.300. The number of methoxy groups -OCH3 is 1. The van der Waals surface area contributed by atoms with Crippen LogP contribution in [0.5, 0.6) is 0 Å². The highest BCUT2D eigenvalue weighted by Gasteiger charge is 2.06. The minimum Gasteiger partial charge on any atom is -0.469 e. The van der Waals surface area contributed by atoms with Crippen LogP contribution >= 0.6 is 0 Å². The molecule has 4 nitrogen and oxygen atoms in total. The van der Waals surface area contributed by atoms with Gasteiger partial charge in [0.15, 0.2) is 0 Å². The molecule has 2 N–H and O–H groups in total. The number of nitrogens with zero attached hydrogens (tertiary/aromatic N) is 1. The fourth-order valence-corrected chi connectivity index (χ4v) is 2.54. The molecule has 0 aliphatic heterocycles. The summed E-state index contributed by atoms with van der Waals surface area (Å²) in [7, 11) is 1.42. The van der Waals surface area contributed by atoms with E-state index in [1.54, 1.807) is 6.20 Å². The molecule has 1 aromatic carbocycles. The first-order valence-corrected chi connectivity index (χ1v) is 8.21. The van der Waals surface area contributed by atoms with Crippen LogP contribution in [0.15, 0.2) is 54.9 Å². The number of aromatic nitrogens is 1. The van der Waals surface area contributed by atoms with Crippen LogP contribution in [-0.4, -0.2) is 24.6 Å². The number of nitrogens with two attached hydrogens (primary N) is 1. The first-order valence-electron chi connectivity index (χ1n) is 8.21. The molecule has 24 heavy (non-hydrogen) atoms. The van der Waals surface area contributed by atoms with Crippen LogP contribution in [-0.2, 0) is 16.0 Å². The summed E-state index contributed by atoms with van der Waals surface area (Å²) in [6, 6.07) is 12.4. The van der Waals surface area contributed by atoms with E-state index in [-0.39, 0.29) is 5.97 Å². The van der Waals surface area contributed by atoms with Gasteiger partial charge in [0.25, 0.3) is 0 Å². The summed E-state index contributed by atoms with van der Waals surface area (Å²) in [6.45, 7) is 0.651. The number of ether oxygens (including phenoxy) is 1. The fourth-order valence-electron chi connectivity index (χ4n) is 2.54. The van der Waals surface area contributed by atoms with E-state index in [0.29, 0.717) is 13.0 Å². The highest BCUT2D eigenvalue weighted by Crippen LogP contribution is 2.24. The Balaban J connectivity index is 2.18. The van der Waals surface area contributed by atoms with Gasteiger partial charge in [0.1, 0.15) is 0 Å². The Labute approximate surface area is 143 Å². The van der Waals surface area contributed by atoms with Crippen LogP contribution in [0.1, 0.15) is 36.0 Å². The predicted molar refractivity (Wildman–Crippen MR) is 96.4 cm³/mol. The van der Waals surface area contributed by atoms with E-state index in [4.69, 9.17) is 5.73 Å². The van der Waals surface area contributed by atoms with Gasteiger partial charge in [0.2, 0.25) is 0 Å². The lowest BCUT2D eigenvalue weighted by atomic mass is 9.96. The number of carbonyl (C=O) groups excluding carboxylic acids is 1. The lowest BCUT2D eigenvalue weighted by Gasteiger charge is -2.09. The van der Waals surface area contributed by atoms with Gasteiger partial charge in [-0.25, -0.2) is 0 Å². The lowest BCUT2D eigenvalue weighted by molar-refractivity contribution is -0.140. The van der Waals surface area contributed by atoms with Gasteiger partial charge in [-0.05, 0) is 48.6 Å². The minimum absolute atomic E-state index is 0.169. The number of hydrogen-bond acceptors (Lipinski definition) is 4. The van der Waals surface area contributed by atoms with E-state index >= 15 is 0 Å². The van der Waals surface area contributed by atoms with E-state index in [2.05, 4.69) is 40.1 Å². The third kappa shape index (κ3) is 5.32. The number of hydrogen-bond donors (Lipinski definition) is 1. The van der Waals surface area contributed by atoms with E-state index in [1.807, 2.05) is 18.3 Å². The van der Waals surface area contributed by atoms with Gasteiger partial charge in [0.05, 0.1) is 7.11 Å². The Bertz CT molecular complexity index is 664. The number of pyridine rings is 1. The van der Waals surface area contributed by atoms with Crippen LogP contribution < -0.4 is 5.73 Å². The Morgan fingerprint density at radius 2 is 2.00 bits per heavy atom. The van der Waals surface area contributed by atoms with Crippen molar-refractivity contribution in [3.05, 3.63) is 71.6 Å². The quantitative estimate of drug-likeness (QED) is 0.597. The maximum atomic E-state index is 11.2. The molecule has 2 rings (SSSR count). The van der Waals surface area contributed by atoms with Crippen molar-refractivity contribution in [1.82, 2.24) is 4.98 Å². The van der Waals surface area contributed by atoms with Crippen molar-refractivity contribution >= 4 is 11.5 Å². The largest absolute Gasteiger partial charge is 0.469 e. The second-order valence-corrected chi connectivity index (χ2v) is 5.56. The summed E-state index contributed by atoms with van der Waals surface area (Å²) >= 11 is 0. The summed E-state index contributed by atoms with van der Waals surface area (Å²) in [5.41, 5.74) is 10.2. The molecule has 126 valence electrons. The molecular weight excluding hydrogens is 300 g/mol. The van der Waals surface area contributed by atoms with Gasteiger partial charge < -0.3 is 10.5 Å². The molecular formula is C20H24N2O2. The average Bonchev–Trinajstić information content (AvgIpc) is 2.63. The molecule has 0 unspecified atom stereocenters. The number of rotatable bonds is 8. The van der Waals surface area contributed by atoms with Crippen molar-refractivity contribution in [2.45, 2.75) is 25.7 Å². The highest BCUT2D eigenvalue weighted by atomic mass is 16.5.